The lowest BCUT2D eigenvalue weighted by atomic mass is 10.0. The number of anilines is 1. The number of carbonyl (C=O) groups is 1. The van der Waals surface area contributed by atoms with Crippen LogP contribution in [0.15, 0.2) is 30.3 Å². The molecule has 0 spiro atoms. The maximum atomic E-state index is 14.2. The van der Waals surface area contributed by atoms with Gasteiger partial charge in [0.25, 0.3) is 5.91 Å². The molecule has 2 aromatic carbocycles. The second-order valence-corrected chi connectivity index (χ2v) is 7.44. The predicted octanol–water partition coefficient (Wildman–Crippen LogP) is 5.61. The molecule has 0 heterocycles. The van der Waals surface area contributed by atoms with E-state index in [9.17, 15) is 13.6 Å². The first-order chi connectivity index (χ1) is 11.5. The minimum Gasteiger partial charge on any atom is -0.322 e. The Kier molecular flexibility index (Phi) is 5.11. The van der Waals surface area contributed by atoms with Gasteiger partial charge in [-0.3, -0.25) is 4.79 Å². The Hall–Kier alpha value is -1.59. The van der Waals surface area contributed by atoms with Gasteiger partial charge in [-0.05, 0) is 54.5 Å². The summed E-state index contributed by atoms with van der Waals surface area (Å²) < 4.78 is 27.4. The van der Waals surface area contributed by atoms with Gasteiger partial charge in [0.1, 0.15) is 11.6 Å². The predicted molar refractivity (Wildman–Crippen MR) is 95.0 cm³/mol. The molecule has 1 N–H and O–H groups in total. The molecule has 126 valence electrons. The highest BCUT2D eigenvalue weighted by molar-refractivity contribution is 7.99. The molecule has 1 amide bonds. The van der Waals surface area contributed by atoms with Gasteiger partial charge in [0.05, 0.1) is 5.02 Å². The molecule has 0 saturated carbocycles. The molecule has 0 unspecified atom stereocenters. The molecule has 1 atom stereocenters. The summed E-state index contributed by atoms with van der Waals surface area (Å²) in [4.78, 5) is 12.6. The lowest BCUT2D eigenvalue weighted by molar-refractivity contribution is 0.102. The minimum absolute atomic E-state index is 0.0588. The normalized spacial score (nSPS) is 16.1. The van der Waals surface area contributed by atoms with Crippen LogP contribution in [0.1, 0.15) is 40.1 Å². The van der Waals surface area contributed by atoms with E-state index in [4.69, 9.17) is 11.6 Å². The van der Waals surface area contributed by atoms with Gasteiger partial charge in [-0.15, -0.1) is 0 Å². The minimum atomic E-state index is -0.545. The summed E-state index contributed by atoms with van der Waals surface area (Å²) in [6, 6.07) is 6.85. The largest absolute Gasteiger partial charge is 0.322 e. The van der Waals surface area contributed by atoms with Crippen LogP contribution in [0.3, 0.4) is 0 Å². The third-order valence-corrected chi connectivity index (χ3v) is 5.57. The number of nitrogens with one attached hydrogen (secondary N) is 1. The summed E-state index contributed by atoms with van der Waals surface area (Å²) in [7, 11) is 0. The van der Waals surface area contributed by atoms with Crippen molar-refractivity contribution in [2.45, 2.75) is 25.0 Å². The number of hydrogen-bond acceptors (Lipinski definition) is 2. The molecule has 0 fully saturated rings. The second-order valence-electron chi connectivity index (χ2n) is 5.55. The number of halogens is 3. The summed E-state index contributed by atoms with van der Waals surface area (Å²) in [5, 5.41) is 2.74. The lowest BCUT2D eigenvalue weighted by Gasteiger charge is -2.13. The van der Waals surface area contributed by atoms with Crippen molar-refractivity contribution >= 4 is 35.0 Å². The highest BCUT2D eigenvalue weighted by Gasteiger charge is 2.29. The smallest absolute Gasteiger partial charge is 0.255 e. The number of carbonyl (C=O) groups excluding carboxylic acids is 1. The lowest BCUT2D eigenvalue weighted by Crippen LogP contribution is -2.15. The Labute approximate surface area is 148 Å². The van der Waals surface area contributed by atoms with Crippen molar-refractivity contribution in [2.75, 3.05) is 11.1 Å². The maximum absolute atomic E-state index is 14.2. The zero-order valence-electron chi connectivity index (χ0n) is 13.0. The molecular weight excluding hydrogens is 352 g/mol. The Balaban J connectivity index is 1.90. The van der Waals surface area contributed by atoms with Crippen LogP contribution in [0, 0.1) is 11.6 Å². The Bertz CT molecular complexity index is 797. The van der Waals surface area contributed by atoms with Crippen molar-refractivity contribution in [1.29, 1.82) is 0 Å². The fraction of sp³-hybridized carbons (Fsp3) is 0.278. The Morgan fingerprint density at radius 2 is 2.04 bits per heavy atom. The molecule has 0 radical (unpaired) electrons. The molecule has 0 bridgehead atoms. The summed E-state index contributed by atoms with van der Waals surface area (Å²) in [6.07, 6.45) is 1.51. The van der Waals surface area contributed by atoms with Crippen LogP contribution in [0.5, 0.6) is 0 Å². The monoisotopic (exact) mass is 367 g/mol. The van der Waals surface area contributed by atoms with Crippen LogP contribution >= 0.6 is 23.4 Å². The molecule has 24 heavy (non-hydrogen) atoms. The Morgan fingerprint density at radius 3 is 2.75 bits per heavy atom. The SMILES string of the molecule is CCS[C@H]1CCc2c(C(=O)Nc3ccc(F)c(Cl)c3)ccc(F)c21. The first-order valence-electron chi connectivity index (χ1n) is 7.70. The third-order valence-electron chi connectivity index (χ3n) is 4.07. The van der Waals surface area contributed by atoms with Crippen LogP contribution in [0.2, 0.25) is 5.02 Å². The van der Waals surface area contributed by atoms with Crippen molar-refractivity contribution in [1.82, 2.24) is 0 Å². The first-order valence-corrected chi connectivity index (χ1v) is 9.13. The zero-order chi connectivity index (χ0) is 17.3. The van der Waals surface area contributed by atoms with E-state index in [1.54, 1.807) is 11.8 Å². The van der Waals surface area contributed by atoms with Crippen molar-refractivity contribution in [2.24, 2.45) is 0 Å². The third kappa shape index (κ3) is 3.28. The molecule has 6 heteroatoms. The molecule has 0 aromatic heterocycles. The van der Waals surface area contributed by atoms with Crippen molar-refractivity contribution < 1.29 is 13.6 Å². The van der Waals surface area contributed by atoms with Gasteiger partial charge < -0.3 is 5.32 Å². The summed E-state index contributed by atoms with van der Waals surface area (Å²) in [5.41, 5.74) is 2.28. The topological polar surface area (TPSA) is 29.1 Å². The molecular formula is C18H16ClF2NOS. The van der Waals surface area contributed by atoms with E-state index in [1.807, 2.05) is 6.92 Å². The van der Waals surface area contributed by atoms with Gasteiger partial charge in [0, 0.05) is 22.1 Å². The Morgan fingerprint density at radius 1 is 1.29 bits per heavy atom. The van der Waals surface area contributed by atoms with Gasteiger partial charge in [-0.25, -0.2) is 8.78 Å². The molecule has 0 saturated heterocycles. The van der Waals surface area contributed by atoms with Crippen LogP contribution in [-0.4, -0.2) is 11.7 Å². The summed E-state index contributed by atoms with van der Waals surface area (Å²) >= 11 is 7.43. The summed E-state index contributed by atoms with van der Waals surface area (Å²) in [5.74, 6) is -0.240. The zero-order valence-corrected chi connectivity index (χ0v) is 14.6. The van der Waals surface area contributed by atoms with Crippen molar-refractivity contribution in [3.8, 4) is 0 Å². The molecule has 0 aliphatic heterocycles. The average Bonchev–Trinajstić information content (AvgIpc) is 2.96. The highest BCUT2D eigenvalue weighted by Crippen LogP contribution is 2.43. The van der Waals surface area contributed by atoms with Crippen LogP contribution in [0.25, 0.3) is 0 Å². The van der Waals surface area contributed by atoms with E-state index < -0.39 is 5.82 Å². The van der Waals surface area contributed by atoms with Gasteiger partial charge in [0.2, 0.25) is 0 Å². The molecule has 3 rings (SSSR count). The quantitative estimate of drug-likeness (QED) is 0.760. The number of amides is 1. The molecule has 2 aromatic rings. The van der Waals surface area contributed by atoms with Crippen LogP contribution in [-0.2, 0) is 6.42 Å². The highest BCUT2D eigenvalue weighted by atomic mass is 35.5. The standard InChI is InChI=1S/C18H16ClF2NOS/c1-2-24-16-8-5-11-12(4-7-15(21)17(11)16)18(23)22-10-3-6-14(20)13(19)9-10/h3-4,6-7,9,16H,2,5,8H2,1H3,(H,22,23)/t16-/m0/s1. The number of thioether (sulfide) groups is 1. The molecule has 1 aliphatic rings. The van der Waals surface area contributed by atoms with Crippen LogP contribution < -0.4 is 5.32 Å². The molecule has 2 nitrogen and oxygen atoms in total. The van der Waals surface area contributed by atoms with E-state index in [2.05, 4.69) is 5.32 Å². The van der Waals surface area contributed by atoms with Gasteiger partial charge in [-0.1, -0.05) is 18.5 Å². The first kappa shape index (κ1) is 17.2. The van der Waals surface area contributed by atoms with Gasteiger partial charge >= 0.3 is 0 Å². The van der Waals surface area contributed by atoms with E-state index in [-0.39, 0.29) is 22.0 Å². The van der Waals surface area contributed by atoms with Gasteiger partial charge in [0.15, 0.2) is 0 Å². The van der Waals surface area contributed by atoms with E-state index >= 15 is 0 Å². The number of benzene rings is 2. The van der Waals surface area contributed by atoms with Crippen molar-refractivity contribution in [3.63, 3.8) is 0 Å². The fourth-order valence-electron chi connectivity index (χ4n) is 3.03. The number of hydrogen-bond donors (Lipinski definition) is 1. The average molecular weight is 368 g/mol. The van der Waals surface area contributed by atoms with E-state index in [0.29, 0.717) is 23.2 Å². The van der Waals surface area contributed by atoms with Crippen LogP contribution in [0.4, 0.5) is 14.5 Å². The van der Waals surface area contributed by atoms with Crippen molar-refractivity contribution in [3.05, 3.63) is 63.7 Å². The summed E-state index contributed by atoms with van der Waals surface area (Å²) in [6.45, 7) is 2.04. The molecule has 1 aliphatic carbocycles. The maximum Gasteiger partial charge on any atom is 0.255 e. The fourth-order valence-corrected chi connectivity index (χ4v) is 4.32. The second kappa shape index (κ2) is 7.11. The van der Waals surface area contributed by atoms with Gasteiger partial charge in [-0.2, -0.15) is 11.8 Å². The van der Waals surface area contributed by atoms with E-state index in [1.165, 1.54) is 30.3 Å². The van der Waals surface area contributed by atoms with E-state index in [0.717, 1.165) is 17.7 Å². The number of fused-ring (bicyclic) bond motifs is 1. The number of rotatable bonds is 4.